The number of carbonyl (C=O) groups is 3. The summed E-state index contributed by atoms with van der Waals surface area (Å²) < 4.78 is 32.7. The number of fused-ring (bicyclic) bond motifs is 2. The largest absolute Gasteiger partial charge is 0.397 e. The van der Waals surface area contributed by atoms with Gasteiger partial charge in [0.15, 0.2) is 11.6 Å². The fourth-order valence-corrected chi connectivity index (χ4v) is 3.49. The minimum atomic E-state index is -4.79. The molecule has 8 nitrogen and oxygen atoms in total. The van der Waals surface area contributed by atoms with Gasteiger partial charge in [0.05, 0.1) is 22.5 Å². The first-order valence-electron chi connectivity index (χ1n) is 7.59. The predicted molar refractivity (Wildman–Crippen MR) is 98.7 cm³/mol. The van der Waals surface area contributed by atoms with Crippen molar-refractivity contribution in [1.82, 2.24) is 0 Å². The van der Waals surface area contributed by atoms with Crippen LogP contribution in [-0.4, -0.2) is 60.0 Å². The van der Waals surface area contributed by atoms with Gasteiger partial charge in [0.1, 0.15) is 4.90 Å². The zero-order valence-electron chi connectivity index (χ0n) is 14.6. The predicted octanol–water partition coefficient (Wildman–Crippen LogP) is 1.26. The first kappa shape index (κ1) is 21.3. The van der Waals surface area contributed by atoms with E-state index in [2.05, 4.69) is 5.32 Å². The van der Waals surface area contributed by atoms with Crippen molar-refractivity contribution in [1.29, 1.82) is 0 Å². The molecule has 10 heteroatoms. The molecule has 0 saturated heterocycles. The molecule has 0 bridgehead atoms. The second kappa shape index (κ2) is 7.53. The van der Waals surface area contributed by atoms with E-state index in [1.165, 1.54) is 12.1 Å². The molecule has 2 aromatic carbocycles. The monoisotopic (exact) mass is 397 g/mol. The van der Waals surface area contributed by atoms with Crippen LogP contribution >= 0.6 is 0 Å². The third-order valence-electron chi connectivity index (χ3n) is 4.07. The third-order valence-corrected chi connectivity index (χ3v) is 4.97. The van der Waals surface area contributed by atoms with Crippen molar-refractivity contribution in [3.63, 3.8) is 0 Å². The molecule has 1 aliphatic rings. The molecule has 0 spiro atoms. The number of hydrogen-bond acceptors (Lipinski definition) is 6. The number of hydrogen-bond donors (Lipinski definition) is 3. The summed E-state index contributed by atoms with van der Waals surface area (Å²) in [4.78, 5) is 36.8. The van der Waals surface area contributed by atoms with Gasteiger partial charge in [0.2, 0.25) is 5.91 Å². The molecule has 0 aromatic heterocycles. The van der Waals surface area contributed by atoms with E-state index in [0.717, 1.165) is 6.07 Å². The smallest absolute Gasteiger partial charge is 0.296 e. The van der Waals surface area contributed by atoms with Gasteiger partial charge in [-0.2, -0.15) is 8.42 Å². The van der Waals surface area contributed by atoms with Crippen LogP contribution in [0.5, 0.6) is 0 Å². The fraction of sp³-hybridized carbons (Fsp3) is 0.118. The first-order valence-corrected chi connectivity index (χ1v) is 9.03. The van der Waals surface area contributed by atoms with Crippen molar-refractivity contribution in [3.8, 4) is 0 Å². The summed E-state index contributed by atoms with van der Waals surface area (Å²) in [6, 6.07) is 6.89. The van der Waals surface area contributed by atoms with Crippen molar-refractivity contribution in [3.05, 3.63) is 52.6 Å². The second-order valence-corrected chi connectivity index (χ2v) is 7.06. The summed E-state index contributed by atoms with van der Waals surface area (Å²) in [6.07, 6.45) is 0.0546. The Morgan fingerprint density at radius 3 is 2.11 bits per heavy atom. The van der Waals surface area contributed by atoms with Crippen LogP contribution in [0.15, 0.2) is 35.2 Å². The van der Waals surface area contributed by atoms with Gasteiger partial charge in [-0.05, 0) is 6.07 Å². The minimum absolute atomic E-state index is 0. The molecule has 0 fully saturated rings. The van der Waals surface area contributed by atoms with Crippen LogP contribution in [0, 0.1) is 0 Å². The number of ketones is 2. The van der Waals surface area contributed by atoms with Crippen LogP contribution in [0.1, 0.15) is 45.2 Å². The van der Waals surface area contributed by atoms with Gasteiger partial charge >= 0.3 is 0 Å². The third kappa shape index (κ3) is 3.56. The molecule has 0 saturated carbocycles. The number of nitrogen functional groups attached to an aromatic ring is 1. The number of nitrogens with two attached hydrogens (primary N) is 1. The molecule has 1 radical (unpaired) electrons. The van der Waals surface area contributed by atoms with E-state index >= 15 is 0 Å². The number of amides is 1. The zero-order chi connectivity index (χ0) is 19.2. The van der Waals surface area contributed by atoms with Gasteiger partial charge in [-0.1, -0.05) is 31.2 Å². The molecule has 1 amide bonds. The number of anilines is 2. The van der Waals surface area contributed by atoms with E-state index < -0.39 is 38.2 Å². The molecule has 1 aliphatic carbocycles. The molecular formula is C17H14N2NaO6S. The van der Waals surface area contributed by atoms with Crippen molar-refractivity contribution in [2.24, 2.45) is 0 Å². The van der Waals surface area contributed by atoms with Crippen LogP contribution in [0.3, 0.4) is 0 Å². The molecule has 27 heavy (non-hydrogen) atoms. The van der Waals surface area contributed by atoms with Crippen LogP contribution < -0.4 is 11.1 Å². The van der Waals surface area contributed by atoms with Crippen LogP contribution in [-0.2, 0) is 14.9 Å². The van der Waals surface area contributed by atoms with Gasteiger partial charge in [-0.15, -0.1) is 0 Å². The van der Waals surface area contributed by atoms with E-state index in [1.54, 1.807) is 19.1 Å². The summed E-state index contributed by atoms with van der Waals surface area (Å²) in [5.41, 5.74) is 4.72. The first-order chi connectivity index (χ1) is 12.2. The van der Waals surface area contributed by atoms with Crippen molar-refractivity contribution in [2.45, 2.75) is 18.2 Å². The summed E-state index contributed by atoms with van der Waals surface area (Å²) in [5, 5.41) is 2.40. The van der Waals surface area contributed by atoms with Crippen molar-refractivity contribution < 1.29 is 27.4 Å². The quantitative estimate of drug-likeness (QED) is 0.343. The maximum Gasteiger partial charge on any atom is 0.296 e. The number of carbonyl (C=O) groups excluding carboxylic acids is 3. The van der Waals surface area contributed by atoms with Crippen LogP contribution in [0.25, 0.3) is 0 Å². The molecule has 3 rings (SSSR count). The average Bonchev–Trinajstić information content (AvgIpc) is 2.59. The average molecular weight is 397 g/mol. The molecule has 0 heterocycles. The number of benzene rings is 2. The zero-order valence-corrected chi connectivity index (χ0v) is 17.4. The van der Waals surface area contributed by atoms with Crippen molar-refractivity contribution in [2.75, 3.05) is 11.1 Å². The topological polar surface area (TPSA) is 144 Å². The van der Waals surface area contributed by atoms with E-state index in [-0.39, 0.29) is 63.9 Å². The summed E-state index contributed by atoms with van der Waals surface area (Å²) in [6.45, 7) is 1.56. The van der Waals surface area contributed by atoms with Gasteiger partial charge in [0, 0.05) is 47.1 Å². The van der Waals surface area contributed by atoms with Gasteiger partial charge < -0.3 is 11.1 Å². The minimum Gasteiger partial charge on any atom is -0.397 e. The second-order valence-electron chi connectivity index (χ2n) is 5.67. The fourth-order valence-electron chi connectivity index (χ4n) is 2.84. The standard InChI is InChI=1S/C17H14N2O6S.Na/c1-2-12(20)19-10-7-11(26(23,24)25)15(18)14-13(10)16(21)8-5-3-4-6-9(8)17(14)22;/h3-7H,2,18H2,1H3,(H,19,20)(H,23,24,25);. The molecule has 0 unspecified atom stereocenters. The Morgan fingerprint density at radius 1 is 1.11 bits per heavy atom. The molecule has 4 N–H and O–H groups in total. The maximum absolute atomic E-state index is 12.9. The molecule has 0 aliphatic heterocycles. The number of rotatable bonds is 3. The Kier molecular flexibility index (Phi) is 5.93. The molecule has 135 valence electrons. The summed E-state index contributed by atoms with van der Waals surface area (Å²) in [5.74, 6) is -1.74. The van der Waals surface area contributed by atoms with Gasteiger partial charge in [-0.25, -0.2) is 0 Å². The Hall–Kier alpha value is -2.04. The van der Waals surface area contributed by atoms with E-state index in [9.17, 15) is 27.4 Å². The maximum atomic E-state index is 12.9. The Balaban J connectivity index is 0.00000261. The summed E-state index contributed by atoms with van der Waals surface area (Å²) in [7, 11) is -4.79. The molecular weight excluding hydrogens is 383 g/mol. The van der Waals surface area contributed by atoms with E-state index in [4.69, 9.17) is 5.73 Å². The normalized spacial score (nSPS) is 12.7. The molecule has 2 aromatic rings. The Labute approximate surface area is 177 Å². The Morgan fingerprint density at radius 2 is 1.63 bits per heavy atom. The van der Waals surface area contributed by atoms with E-state index in [1.807, 2.05) is 0 Å². The van der Waals surface area contributed by atoms with Gasteiger partial charge in [0.25, 0.3) is 10.1 Å². The molecule has 0 atom stereocenters. The van der Waals surface area contributed by atoms with Gasteiger partial charge in [-0.3, -0.25) is 18.9 Å². The Bertz CT molecular complexity index is 1090. The van der Waals surface area contributed by atoms with Crippen LogP contribution in [0.2, 0.25) is 0 Å². The SMILES string of the molecule is CCC(=O)Nc1cc(S(=O)(=O)O)c(N)c2c1C(=O)c1ccccc1C2=O.[Na]. The van der Waals surface area contributed by atoms with Crippen molar-refractivity contribution >= 4 is 68.5 Å². The number of nitrogens with one attached hydrogen (secondary N) is 1. The van der Waals surface area contributed by atoms with Crippen LogP contribution in [0.4, 0.5) is 11.4 Å². The van der Waals surface area contributed by atoms with E-state index in [0.29, 0.717) is 0 Å². The summed E-state index contributed by atoms with van der Waals surface area (Å²) >= 11 is 0.